The number of nitrogens with one attached hydrogen (secondary N) is 1. The molecular formula is C14H23NO4S. The molecule has 0 fully saturated rings. The molecule has 0 aliphatic carbocycles. The molecule has 0 heterocycles. The summed E-state index contributed by atoms with van der Waals surface area (Å²) in [6.45, 7) is 4.54. The monoisotopic (exact) mass is 301 g/mol. The molecule has 0 spiro atoms. The highest BCUT2D eigenvalue weighted by Gasteiger charge is 2.15. The van der Waals surface area contributed by atoms with Crippen LogP contribution in [-0.4, -0.2) is 26.7 Å². The van der Waals surface area contributed by atoms with Crippen LogP contribution in [0.15, 0.2) is 23.1 Å². The Labute approximate surface area is 121 Å². The summed E-state index contributed by atoms with van der Waals surface area (Å²) < 4.78 is 32.1. The molecule has 0 aliphatic heterocycles. The van der Waals surface area contributed by atoms with E-state index in [1.807, 2.05) is 6.92 Å². The van der Waals surface area contributed by atoms with Crippen molar-refractivity contribution in [2.45, 2.75) is 44.6 Å². The Morgan fingerprint density at radius 1 is 1.25 bits per heavy atom. The molecule has 0 saturated carbocycles. The zero-order valence-electron chi connectivity index (χ0n) is 12.1. The molecule has 0 amide bonds. The van der Waals surface area contributed by atoms with Gasteiger partial charge in [-0.1, -0.05) is 19.8 Å². The van der Waals surface area contributed by atoms with E-state index in [1.54, 1.807) is 6.07 Å². The predicted octanol–water partition coefficient (Wildman–Crippen LogP) is 2.05. The lowest BCUT2D eigenvalue weighted by Gasteiger charge is -2.11. The number of ether oxygens (including phenoxy) is 1. The van der Waals surface area contributed by atoms with Crippen LogP contribution < -0.4 is 9.46 Å². The summed E-state index contributed by atoms with van der Waals surface area (Å²) in [5, 5.41) is 9.29. The largest absolute Gasteiger partial charge is 0.494 e. The highest BCUT2D eigenvalue weighted by molar-refractivity contribution is 7.89. The minimum Gasteiger partial charge on any atom is -0.494 e. The summed E-state index contributed by atoms with van der Waals surface area (Å²) in [6.07, 6.45) is 2.85. The van der Waals surface area contributed by atoms with E-state index in [1.165, 1.54) is 12.1 Å². The second kappa shape index (κ2) is 8.24. The van der Waals surface area contributed by atoms with Crippen LogP contribution in [0.4, 0.5) is 0 Å². The van der Waals surface area contributed by atoms with E-state index in [4.69, 9.17) is 4.74 Å². The summed E-state index contributed by atoms with van der Waals surface area (Å²) >= 11 is 0. The fourth-order valence-electron chi connectivity index (χ4n) is 1.81. The number of sulfonamides is 1. The molecule has 2 N–H and O–H groups in total. The van der Waals surface area contributed by atoms with Crippen LogP contribution in [0.25, 0.3) is 0 Å². The topological polar surface area (TPSA) is 75.6 Å². The molecule has 0 saturated heterocycles. The highest BCUT2D eigenvalue weighted by atomic mass is 32.2. The van der Waals surface area contributed by atoms with Crippen LogP contribution in [-0.2, 0) is 16.6 Å². The van der Waals surface area contributed by atoms with Gasteiger partial charge in [0.2, 0.25) is 10.0 Å². The third-order valence-electron chi connectivity index (χ3n) is 2.88. The number of hydrogen-bond acceptors (Lipinski definition) is 4. The standard InChI is InChI=1S/C14H23NO4S/c1-3-5-6-9-15-20(17,18)13-7-8-14(19-4-2)12(10-13)11-16/h7-8,10,15-16H,3-6,9,11H2,1-2H3. The molecule has 6 heteroatoms. The third kappa shape index (κ3) is 4.77. The summed E-state index contributed by atoms with van der Waals surface area (Å²) in [5.41, 5.74) is 0.475. The maximum Gasteiger partial charge on any atom is 0.240 e. The van der Waals surface area contributed by atoms with Crippen LogP contribution in [0.3, 0.4) is 0 Å². The second-order valence-corrected chi connectivity index (χ2v) is 6.23. The molecule has 5 nitrogen and oxygen atoms in total. The fraction of sp³-hybridized carbons (Fsp3) is 0.571. The summed E-state index contributed by atoms with van der Waals surface area (Å²) in [4.78, 5) is 0.154. The van der Waals surface area contributed by atoms with Gasteiger partial charge in [0.25, 0.3) is 0 Å². The van der Waals surface area contributed by atoms with Crippen LogP contribution in [0.5, 0.6) is 5.75 Å². The summed E-state index contributed by atoms with van der Waals surface area (Å²) in [6, 6.07) is 4.52. The van der Waals surface area contributed by atoms with Crippen molar-refractivity contribution in [2.24, 2.45) is 0 Å². The SMILES string of the molecule is CCCCCNS(=O)(=O)c1ccc(OCC)c(CO)c1. The minimum absolute atomic E-state index is 0.154. The first-order valence-corrected chi connectivity index (χ1v) is 8.39. The molecule has 0 radical (unpaired) electrons. The van der Waals surface area contributed by atoms with Crippen molar-refractivity contribution >= 4 is 10.0 Å². The van der Waals surface area contributed by atoms with Gasteiger partial charge < -0.3 is 9.84 Å². The van der Waals surface area contributed by atoms with Gasteiger partial charge in [-0.25, -0.2) is 13.1 Å². The first-order chi connectivity index (χ1) is 9.55. The Bertz CT molecular complexity index is 514. The van der Waals surface area contributed by atoms with Crippen LogP contribution in [0, 0.1) is 0 Å². The third-order valence-corrected chi connectivity index (χ3v) is 4.34. The van der Waals surface area contributed by atoms with Crippen molar-refractivity contribution in [2.75, 3.05) is 13.2 Å². The lowest BCUT2D eigenvalue weighted by Crippen LogP contribution is -2.25. The molecule has 0 aliphatic rings. The zero-order valence-corrected chi connectivity index (χ0v) is 12.9. The van der Waals surface area contributed by atoms with Gasteiger partial charge in [-0.15, -0.1) is 0 Å². The Morgan fingerprint density at radius 3 is 2.60 bits per heavy atom. The highest BCUT2D eigenvalue weighted by Crippen LogP contribution is 2.22. The van der Waals surface area contributed by atoms with Crippen molar-refractivity contribution in [3.05, 3.63) is 23.8 Å². The molecule has 0 bridgehead atoms. The van der Waals surface area contributed by atoms with Gasteiger partial charge in [-0.05, 0) is 31.5 Å². The van der Waals surface area contributed by atoms with Gasteiger partial charge in [0.1, 0.15) is 5.75 Å². The summed E-state index contributed by atoms with van der Waals surface area (Å²) in [5.74, 6) is 0.514. The average Bonchev–Trinajstić information content (AvgIpc) is 2.44. The van der Waals surface area contributed by atoms with Crippen LogP contribution in [0.1, 0.15) is 38.7 Å². The maximum absolute atomic E-state index is 12.1. The van der Waals surface area contributed by atoms with Crippen molar-refractivity contribution in [1.82, 2.24) is 4.72 Å². The molecule has 1 rings (SSSR count). The number of aliphatic hydroxyl groups is 1. The number of rotatable bonds is 9. The van der Waals surface area contributed by atoms with E-state index in [0.717, 1.165) is 19.3 Å². The molecule has 1 aromatic rings. The Morgan fingerprint density at radius 2 is 2.00 bits per heavy atom. The van der Waals surface area contributed by atoms with Gasteiger partial charge in [0.15, 0.2) is 0 Å². The molecule has 0 atom stereocenters. The molecule has 0 aromatic heterocycles. The minimum atomic E-state index is -3.52. The lowest BCUT2D eigenvalue weighted by molar-refractivity contribution is 0.266. The predicted molar refractivity (Wildman–Crippen MR) is 78.2 cm³/mol. The quantitative estimate of drug-likeness (QED) is 0.684. The normalized spacial score (nSPS) is 11.6. The van der Waals surface area contributed by atoms with Gasteiger partial charge >= 0.3 is 0 Å². The Kier molecular flexibility index (Phi) is 6.98. The van der Waals surface area contributed by atoms with E-state index in [-0.39, 0.29) is 11.5 Å². The number of unbranched alkanes of at least 4 members (excludes halogenated alkanes) is 2. The fourth-order valence-corrected chi connectivity index (χ4v) is 2.93. The molecular weight excluding hydrogens is 278 g/mol. The van der Waals surface area contributed by atoms with Gasteiger partial charge in [0.05, 0.1) is 18.1 Å². The Balaban J connectivity index is 2.84. The van der Waals surface area contributed by atoms with E-state index < -0.39 is 10.0 Å². The van der Waals surface area contributed by atoms with Gasteiger partial charge in [-0.3, -0.25) is 0 Å². The van der Waals surface area contributed by atoms with Crippen LogP contribution in [0.2, 0.25) is 0 Å². The van der Waals surface area contributed by atoms with E-state index in [9.17, 15) is 13.5 Å². The molecule has 114 valence electrons. The van der Waals surface area contributed by atoms with Crippen molar-refractivity contribution in [3.63, 3.8) is 0 Å². The maximum atomic E-state index is 12.1. The summed E-state index contributed by atoms with van der Waals surface area (Å²) in [7, 11) is -3.52. The van der Waals surface area contributed by atoms with Gasteiger partial charge in [0, 0.05) is 12.1 Å². The lowest BCUT2D eigenvalue weighted by atomic mass is 10.2. The number of benzene rings is 1. The van der Waals surface area contributed by atoms with Crippen molar-refractivity contribution in [1.29, 1.82) is 0 Å². The van der Waals surface area contributed by atoms with Crippen molar-refractivity contribution < 1.29 is 18.3 Å². The van der Waals surface area contributed by atoms with E-state index in [0.29, 0.717) is 24.5 Å². The first kappa shape index (κ1) is 16.9. The van der Waals surface area contributed by atoms with Crippen LogP contribution >= 0.6 is 0 Å². The Hall–Kier alpha value is -1.11. The van der Waals surface area contributed by atoms with E-state index in [2.05, 4.69) is 11.6 Å². The van der Waals surface area contributed by atoms with E-state index >= 15 is 0 Å². The molecule has 1 aromatic carbocycles. The number of aliphatic hydroxyl groups excluding tert-OH is 1. The van der Waals surface area contributed by atoms with Crippen molar-refractivity contribution in [3.8, 4) is 5.75 Å². The first-order valence-electron chi connectivity index (χ1n) is 6.91. The van der Waals surface area contributed by atoms with Gasteiger partial charge in [-0.2, -0.15) is 0 Å². The molecule has 20 heavy (non-hydrogen) atoms. The smallest absolute Gasteiger partial charge is 0.240 e. The average molecular weight is 301 g/mol. The number of hydrogen-bond donors (Lipinski definition) is 2. The molecule has 0 unspecified atom stereocenters. The zero-order chi connectivity index (χ0) is 15.0. The second-order valence-electron chi connectivity index (χ2n) is 4.47.